The number of rotatable bonds is 10. The molecule has 1 aliphatic rings. The molecule has 1 saturated heterocycles. The molecule has 1 N–H and O–H groups in total. The monoisotopic (exact) mass is 462 g/mol. The Balaban J connectivity index is 1.71. The van der Waals surface area contributed by atoms with E-state index in [0.717, 1.165) is 65.9 Å². The number of ether oxygens (including phenoxy) is 4. The van der Waals surface area contributed by atoms with E-state index in [1.807, 2.05) is 43.3 Å². The van der Waals surface area contributed by atoms with Crippen LogP contribution < -0.4 is 24.3 Å². The molecule has 0 aromatic heterocycles. The fourth-order valence-corrected chi connectivity index (χ4v) is 4.40. The Morgan fingerprint density at radius 3 is 2.29 bits per heavy atom. The fraction of sp³-hybridized carbons (Fsp3) is 0.357. The van der Waals surface area contributed by atoms with E-state index in [2.05, 4.69) is 40.5 Å². The predicted molar refractivity (Wildman–Crippen MR) is 134 cm³/mol. The van der Waals surface area contributed by atoms with Crippen LogP contribution in [-0.4, -0.2) is 51.9 Å². The van der Waals surface area contributed by atoms with E-state index < -0.39 is 0 Å². The number of nitrogens with one attached hydrogen (secondary N) is 1. The molecule has 0 spiro atoms. The molecule has 0 bridgehead atoms. The Hall–Kier alpha value is -3.22. The summed E-state index contributed by atoms with van der Waals surface area (Å²) in [6.07, 6.45) is 0. The summed E-state index contributed by atoms with van der Waals surface area (Å²) in [5.41, 5.74) is 3.32. The summed E-state index contributed by atoms with van der Waals surface area (Å²) in [7, 11) is 3.41. The maximum atomic E-state index is 6.15. The molecular weight excluding hydrogens is 428 g/mol. The zero-order chi connectivity index (χ0) is 23.8. The molecule has 0 aliphatic carbocycles. The molecule has 6 heteroatoms. The fourth-order valence-electron chi connectivity index (χ4n) is 4.40. The van der Waals surface area contributed by atoms with Crippen molar-refractivity contribution in [2.24, 2.45) is 0 Å². The van der Waals surface area contributed by atoms with Crippen LogP contribution in [0.1, 0.15) is 29.7 Å². The third kappa shape index (κ3) is 5.64. The lowest BCUT2D eigenvalue weighted by Gasteiger charge is -2.36. The Labute approximate surface area is 202 Å². The summed E-state index contributed by atoms with van der Waals surface area (Å²) in [5.74, 6) is 3.14. The van der Waals surface area contributed by atoms with Gasteiger partial charge < -0.3 is 24.3 Å². The molecule has 1 aliphatic heterocycles. The van der Waals surface area contributed by atoms with E-state index in [4.69, 9.17) is 18.9 Å². The standard InChI is InChI=1S/C28H34N2O4/c1-4-33-27-18-22(10-12-26(27)34-20-21-8-6-5-7-9-21)28(30-16-14-29-15-17-30)24-19-23(31-2)11-13-25(24)32-3/h5-13,18-19,28-29H,4,14-17,20H2,1-3H3. The van der Waals surface area contributed by atoms with Crippen molar-refractivity contribution in [1.29, 1.82) is 0 Å². The highest BCUT2D eigenvalue weighted by molar-refractivity contribution is 5.50. The first-order valence-corrected chi connectivity index (χ1v) is 11.8. The molecule has 1 unspecified atom stereocenters. The van der Waals surface area contributed by atoms with Gasteiger partial charge in [-0.05, 0) is 48.4 Å². The van der Waals surface area contributed by atoms with E-state index in [1.54, 1.807) is 14.2 Å². The topological polar surface area (TPSA) is 52.2 Å². The molecule has 1 fully saturated rings. The van der Waals surface area contributed by atoms with E-state index >= 15 is 0 Å². The van der Waals surface area contributed by atoms with Gasteiger partial charge in [-0.25, -0.2) is 0 Å². The average molecular weight is 463 g/mol. The molecule has 0 amide bonds. The van der Waals surface area contributed by atoms with E-state index in [1.165, 1.54) is 0 Å². The van der Waals surface area contributed by atoms with Gasteiger partial charge in [0.25, 0.3) is 0 Å². The Kier molecular flexibility index (Phi) is 8.28. The Morgan fingerprint density at radius 2 is 1.59 bits per heavy atom. The van der Waals surface area contributed by atoms with Crippen molar-refractivity contribution < 1.29 is 18.9 Å². The summed E-state index contributed by atoms with van der Waals surface area (Å²) < 4.78 is 23.5. The first kappa shape index (κ1) is 23.9. The third-order valence-corrected chi connectivity index (χ3v) is 6.07. The first-order chi connectivity index (χ1) is 16.7. The second-order valence-electron chi connectivity index (χ2n) is 8.21. The van der Waals surface area contributed by atoms with Crippen LogP contribution in [0.4, 0.5) is 0 Å². The third-order valence-electron chi connectivity index (χ3n) is 6.07. The van der Waals surface area contributed by atoms with Crippen molar-refractivity contribution >= 4 is 0 Å². The van der Waals surface area contributed by atoms with Gasteiger partial charge in [0.05, 0.1) is 26.9 Å². The number of benzene rings is 3. The molecule has 1 atom stereocenters. The van der Waals surface area contributed by atoms with Gasteiger partial charge in [0, 0.05) is 31.7 Å². The number of piperazine rings is 1. The lowest BCUT2D eigenvalue weighted by Crippen LogP contribution is -2.45. The lowest BCUT2D eigenvalue weighted by atomic mass is 9.94. The summed E-state index contributed by atoms with van der Waals surface area (Å²) in [6, 6.07) is 22.4. The number of methoxy groups -OCH3 is 2. The quantitative estimate of drug-likeness (QED) is 0.472. The van der Waals surface area contributed by atoms with Crippen LogP contribution in [0.25, 0.3) is 0 Å². The summed E-state index contributed by atoms with van der Waals surface area (Å²) >= 11 is 0. The molecule has 4 rings (SSSR count). The molecule has 1 heterocycles. The van der Waals surface area contributed by atoms with E-state index in [0.29, 0.717) is 13.2 Å². The van der Waals surface area contributed by atoms with Crippen molar-refractivity contribution in [3.63, 3.8) is 0 Å². The second-order valence-corrected chi connectivity index (χ2v) is 8.21. The van der Waals surface area contributed by atoms with Crippen molar-refractivity contribution in [3.05, 3.63) is 83.4 Å². The Bertz CT molecular complexity index is 1050. The minimum atomic E-state index is -0.00507. The van der Waals surface area contributed by atoms with Gasteiger partial charge >= 0.3 is 0 Å². The zero-order valence-electron chi connectivity index (χ0n) is 20.3. The van der Waals surface area contributed by atoms with Gasteiger partial charge in [0.1, 0.15) is 18.1 Å². The highest BCUT2D eigenvalue weighted by atomic mass is 16.5. The molecule has 34 heavy (non-hydrogen) atoms. The maximum absolute atomic E-state index is 6.15. The largest absolute Gasteiger partial charge is 0.497 e. The van der Waals surface area contributed by atoms with Gasteiger partial charge in [-0.2, -0.15) is 0 Å². The van der Waals surface area contributed by atoms with Gasteiger partial charge in [-0.1, -0.05) is 36.4 Å². The van der Waals surface area contributed by atoms with Crippen molar-refractivity contribution in [1.82, 2.24) is 10.2 Å². The van der Waals surface area contributed by atoms with Crippen LogP contribution in [-0.2, 0) is 6.61 Å². The normalized spacial score (nSPS) is 14.9. The molecule has 3 aromatic rings. The molecular formula is C28H34N2O4. The lowest BCUT2D eigenvalue weighted by molar-refractivity contribution is 0.194. The molecule has 180 valence electrons. The molecule has 0 saturated carbocycles. The SMILES string of the molecule is CCOc1cc(C(c2cc(OC)ccc2OC)N2CCNCC2)ccc1OCc1ccccc1. The van der Waals surface area contributed by atoms with Crippen molar-refractivity contribution in [3.8, 4) is 23.0 Å². The number of hydrogen-bond donors (Lipinski definition) is 1. The number of nitrogens with zero attached hydrogens (tertiary/aromatic N) is 1. The van der Waals surface area contributed by atoms with Gasteiger partial charge in [-0.15, -0.1) is 0 Å². The average Bonchev–Trinajstić information content (AvgIpc) is 2.89. The van der Waals surface area contributed by atoms with Crippen LogP contribution in [0.15, 0.2) is 66.7 Å². The predicted octanol–water partition coefficient (Wildman–Crippen LogP) is 4.68. The van der Waals surface area contributed by atoms with Crippen molar-refractivity contribution in [2.45, 2.75) is 19.6 Å². The van der Waals surface area contributed by atoms with Crippen LogP contribution in [0.2, 0.25) is 0 Å². The minimum Gasteiger partial charge on any atom is -0.497 e. The van der Waals surface area contributed by atoms with Gasteiger partial charge in [0.15, 0.2) is 11.5 Å². The Morgan fingerprint density at radius 1 is 0.824 bits per heavy atom. The summed E-state index contributed by atoms with van der Waals surface area (Å²) in [4.78, 5) is 2.48. The van der Waals surface area contributed by atoms with E-state index in [9.17, 15) is 0 Å². The molecule has 6 nitrogen and oxygen atoms in total. The first-order valence-electron chi connectivity index (χ1n) is 11.8. The molecule has 0 radical (unpaired) electrons. The van der Waals surface area contributed by atoms with Gasteiger partial charge in [-0.3, -0.25) is 4.90 Å². The maximum Gasteiger partial charge on any atom is 0.161 e. The number of hydrogen-bond acceptors (Lipinski definition) is 6. The smallest absolute Gasteiger partial charge is 0.161 e. The van der Waals surface area contributed by atoms with Gasteiger partial charge in [0.2, 0.25) is 0 Å². The van der Waals surface area contributed by atoms with Crippen LogP contribution in [0, 0.1) is 0 Å². The van der Waals surface area contributed by atoms with Crippen LogP contribution in [0.5, 0.6) is 23.0 Å². The summed E-state index contributed by atoms with van der Waals surface area (Å²) in [6.45, 7) is 6.80. The highest BCUT2D eigenvalue weighted by Crippen LogP contribution is 2.40. The molecule has 3 aromatic carbocycles. The van der Waals surface area contributed by atoms with Crippen LogP contribution >= 0.6 is 0 Å². The highest BCUT2D eigenvalue weighted by Gasteiger charge is 2.28. The van der Waals surface area contributed by atoms with Crippen LogP contribution in [0.3, 0.4) is 0 Å². The summed E-state index contributed by atoms with van der Waals surface area (Å²) in [5, 5.41) is 3.45. The zero-order valence-corrected chi connectivity index (χ0v) is 20.3. The van der Waals surface area contributed by atoms with E-state index in [-0.39, 0.29) is 6.04 Å². The minimum absolute atomic E-state index is 0.00507. The second kappa shape index (κ2) is 11.8. The van der Waals surface area contributed by atoms with Crippen molar-refractivity contribution in [2.75, 3.05) is 47.0 Å².